The zero-order chi connectivity index (χ0) is 14.6. The number of halogens is 1. The number of ether oxygens (including phenoxy) is 2. The molecule has 7 heteroatoms. The number of hydrogen-bond donors (Lipinski definition) is 0. The lowest BCUT2D eigenvalue weighted by molar-refractivity contribution is 0.385. The third kappa shape index (κ3) is 3.21. The fourth-order valence-corrected chi connectivity index (χ4v) is 3.83. The lowest BCUT2D eigenvalue weighted by Crippen LogP contribution is -2.30. The number of nitrogens with zero attached hydrogens (tertiary/aromatic N) is 1. The average Bonchev–Trinajstić information content (AvgIpc) is 2.39. The second-order valence-electron chi connectivity index (χ2n) is 3.73. The molecule has 1 aromatic rings. The lowest BCUT2D eigenvalue weighted by Gasteiger charge is -2.20. The maximum atomic E-state index is 12.5. The molecule has 1 aromatic carbocycles. The maximum absolute atomic E-state index is 12.5. The summed E-state index contributed by atoms with van der Waals surface area (Å²) in [4.78, 5) is 0.110. The summed E-state index contributed by atoms with van der Waals surface area (Å²) in [6.45, 7) is 4.40. The zero-order valence-corrected chi connectivity index (χ0v) is 13.8. The van der Waals surface area contributed by atoms with Crippen molar-refractivity contribution in [3.63, 3.8) is 0 Å². The summed E-state index contributed by atoms with van der Waals surface area (Å²) in [7, 11) is -0.659. The minimum Gasteiger partial charge on any atom is -0.496 e. The fourth-order valence-electron chi connectivity index (χ4n) is 1.74. The molecule has 0 aliphatic heterocycles. The Hall–Kier alpha value is -0.790. The highest BCUT2D eigenvalue weighted by Gasteiger charge is 2.27. The molecule has 19 heavy (non-hydrogen) atoms. The van der Waals surface area contributed by atoms with Crippen LogP contribution in [0.4, 0.5) is 0 Å². The molecule has 0 saturated heterocycles. The number of rotatable bonds is 6. The molecular weight excluding hydrogens is 334 g/mol. The van der Waals surface area contributed by atoms with E-state index in [1.807, 2.05) is 0 Å². The number of hydrogen-bond acceptors (Lipinski definition) is 4. The largest absolute Gasteiger partial charge is 0.496 e. The van der Waals surface area contributed by atoms with Gasteiger partial charge in [0, 0.05) is 19.2 Å². The van der Waals surface area contributed by atoms with E-state index >= 15 is 0 Å². The van der Waals surface area contributed by atoms with Crippen molar-refractivity contribution in [3.05, 3.63) is 16.6 Å². The first kappa shape index (κ1) is 16.3. The van der Waals surface area contributed by atoms with Gasteiger partial charge >= 0.3 is 0 Å². The Morgan fingerprint density at radius 3 is 2.05 bits per heavy atom. The van der Waals surface area contributed by atoms with Crippen LogP contribution in [-0.2, 0) is 10.0 Å². The molecule has 0 saturated carbocycles. The molecular formula is C12H18BrNO4S. The van der Waals surface area contributed by atoms with Crippen LogP contribution in [-0.4, -0.2) is 40.0 Å². The summed E-state index contributed by atoms with van der Waals surface area (Å²) in [6.07, 6.45) is 0. The van der Waals surface area contributed by atoms with E-state index in [0.29, 0.717) is 29.1 Å². The summed E-state index contributed by atoms with van der Waals surface area (Å²) in [6, 6.07) is 3.06. The van der Waals surface area contributed by atoms with Crippen molar-refractivity contribution in [1.82, 2.24) is 4.31 Å². The van der Waals surface area contributed by atoms with Crippen LogP contribution < -0.4 is 9.47 Å². The summed E-state index contributed by atoms with van der Waals surface area (Å²) in [5.41, 5.74) is 0. The van der Waals surface area contributed by atoms with Gasteiger partial charge in [0.15, 0.2) is 0 Å². The summed E-state index contributed by atoms with van der Waals surface area (Å²) >= 11 is 3.31. The molecule has 0 fully saturated rings. The number of methoxy groups -OCH3 is 2. The van der Waals surface area contributed by atoms with Crippen molar-refractivity contribution in [3.8, 4) is 11.5 Å². The predicted molar refractivity (Wildman–Crippen MR) is 77.4 cm³/mol. The van der Waals surface area contributed by atoms with E-state index in [1.165, 1.54) is 24.6 Å². The molecule has 0 bridgehead atoms. The van der Waals surface area contributed by atoms with Crippen LogP contribution in [0, 0.1) is 0 Å². The van der Waals surface area contributed by atoms with Gasteiger partial charge in [-0.05, 0) is 22.0 Å². The number of sulfonamides is 1. The lowest BCUT2D eigenvalue weighted by atomic mass is 10.3. The third-order valence-corrected chi connectivity index (χ3v) is 5.45. The normalized spacial score (nSPS) is 11.7. The summed E-state index contributed by atoms with van der Waals surface area (Å²) in [5.74, 6) is 0.742. The molecule has 0 aromatic heterocycles. The first-order chi connectivity index (χ1) is 8.92. The van der Waals surface area contributed by atoms with E-state index < -0.39 is 10.0 Å². The fraction of sp³-hybridized carbons (Fsp3) is 0.500. The molecule has 0 heterocycles. The molecule has 0 amide bonds. The van der Waals surface area contributed by atoms with Crippen molar-refractivity contribution < 1.29 is 17.9 Å². The molecule has 0 N–H and O–H groups in total. The SMILES string of the molecule is CCN(CC)S(=O)(=O)c1cc(OC)c(Br)cc1OC. The molecule has 0 aliphatic rings. The Morgan fingerprint density at radius 1 is 1.11 bits per heavy atom. The van der Waals surface area contributed by atoms with Gasteiger partial charge < -0.3 is 9.47 Å². The van der Waals surface area contributed by atoms with Crippen molar-refractivity contribution in [2.24, 2.45) is 0 Å². The predicted octanol–water partition coefficient (Wildman–Crippen LogP) is 2.50. The van der Waals surface area contributed by atoms with Gasteiger partial charge in [-0.25, -0.2) is 8.42 Å². The monoisotopic (exact) mass is 351 g/mol. The quantitative estimate of drug-likeness (QED) is 0.789. The highest BCUT2D eigenvalue weighted by molar-refractivity contribution is 9.10. The zero-order valence-electron chi connectivity index (χ0n) is 11.4. The van der Waals surface area contributed by atoms with Crippen molar-refractivity contribution in [1.29, 1.82) is 0 Å². The van der Waals surface area contributed by atoms with Gasteiger partial charge in [-0.3, -0.25) is 0 Å². The Kier molecular flexibility index (Phi) is 5.64. The Morgan fingerprint density at radius 2 is 1.63 bits per heavy atom. The van der Waals surface area contributed by atoms with Gasteiger partial charge in [0.05, 0.1) is 18.7 Å². The van der Waals surface area contributed by atoms with Crippen molar-refractivity contribution in [2.45, 2.75) is 18.7 Å². The standard InChI is InChI=1S/C12H18BrNO4S/c1-5-14(6-2)19(15,16)12-8-10(17-3)9(13)7-11(12)18-4/h7-8H,5-6H2,1-4H3. The van der Waals surface area contributed by atoms with Gasteiger partial charge in [0.2, 0.25) is 10.0 Å². The average molecular weight is 352 g/mol. The Bertz CT molecular complexity index is 541. The maximum Gasteiger partial charge on any atom is 0.246 e. The molecule has 108 valence electrons. The van der Waals surface area contributed by atoms with E-state index in [-0.39, 0.29) is 4.90 Å². The molecule has 0 atom stereocenters. The van der Waals surface area contributed by atoms with Crippen LogP contribution >= 0.6 is 15.9 Å². The van der Waals surface area contributed by atoms with E-state index in [4.69, 9.17) is 9.47 Å². The first-order valence-corrected chi connectivity index (χ1v) is 8.07. The van der Waals surface area contributed by atoms with Crippen LogP contribution in [0.25, 0.3) is 0 Å². The Balaban J connectivity index is 3.48. The minimum absolute atomic E-state index is 0.110. The minimum atomic E-state index is -3.59. The second kappa shape index (κ2) is 6.58. The molecule has 1 rings (SSSR count). The van der Waals surface area contributed by atoms with Crippen molar-refractivity contribution in [2.75, 3.05) is 27.3 Å². The van der Waals surface area contributed by atoms with Gasteiger partial charge in [0.1, 0.15) is 16.4 Å². The third-order valence-electron chi connectivity index (χ3n) is 2.76. The highest BCUT2D eigenvalue weighted by Crippen LogP contribution is 2.36. The molecule has 0 aliphatic carbocycles. The summed E-state index contributed by atoms with van der Waals surface area (Å²) < 4.78 is 37.4. The molecule has 5 nitrogen and oxygen atoms in total. The van der Waals surface area contributed by atoms with Crippen molar-refractivity contribution >= 4 is 26.0 Å². The first-order valence-electron chi connectivity index (χ1n) is 5.84. The second-order valence-corrected chi connectivity index (χ2v) is 6.49. The van der Waals surface area contributed by atoms with Crippen LogP contribution in [0.2, 0.25) is 0 Å². The number of benzene rings is 1. The molecule has 0 spiro atoms. The van der Waals surface area contributed by atoms with Gasteiger partial charge in [-0.2, -0.15) is 4.31 Å². The molecule has 0 unspecified atom stereocenters. The van der Waals surface area contributed by atoms with Crippen LogP contribution in [0.15, 0.2) is 21.5 Å². The van der Waals surface area contributed by atoms with E-state index in [1.54, 1.807) is 19.9 Å². The topological polar surface area (TPSA) is 55.8 Å². The van der Waals surface area contributed by atoms with E-state index in [2.05, 4.69) is 15.9 Å². The Labute approximate surface area is 122 Å². The smallest absolute Gasteiger partial charge is 0.246 e. The van der Waals surface area contributed by atoms with Crippen LogP contribution in [0.5, 0.6) is 11.5 Å². The molecule has 0 radical (unpaired) electrons. The van der Waals surface area contributed by atoms with Gasteiger partial charge in [-0.15, -0.1) is 0 Å². The van der Waals surface area contributed by atoms with E-state index in [9.17, 15) is 8.42 Å². The van der Waals surface area contributed by atoms with E-state index in [0.717, 1.165) is 0 Å². The van der Waals surface area contributed by atoms with Gasteiger partial charge in [0.25, 0.3) is 0 Å². The van der Waals surface area contributed by atoms with Crippen LogP contribution in [0.1, 0.15) is 13.8 Å². The van der Waals surface area contributed by atoms with Crippen LogP contribution in [0.3, 0.4) is 0 Å². The summed E-state index contributed by atoms with van der Waals surface area (Å²) in [5, 5.41) is 0. The van der Waals surface area contributed by atoms with Gasteiger partial charge in [-0.1, -0.05) is 13.8 Å². The highest BCUT2D eigenvalue weighted by atomic mass is 79.9.